The molecular weight excluding hydrogens is 354 g/mol. The van der Waals surface area contributed by atoms with Crippen LogP contribution in [0.5, 0.6) is 5.75 Å². The van der Waals surface area contributed by atoms with Crippen molar-refractivity contribution in [1.29, 1.82) is 0 Å². The molecule has 4 rings (SSSR count). The Morgan fingerprint density at radius 1 is 1.31 bits per heavy atom. The molecule has 1 atom stereocenters. The molecule has 3 heterocycles. The number of aromatic nitrogens is 1. The number of carbonyl (C=O) groups is 1. The van der Waals surface area contributed by atoms with Crippen LogP contribution >= 0.6 is 11.6 Å². The summed E-state index contributed by atoms with van der Waals surface area (Å²) in [6.07, 6.45) is 1.79. The molecule has 2 aliphatic rings. The Kier molecular flexibility index (Phi) is 4.95. The summed E-state index contributed by atoms with van der Waals surface area (Å²) in [5.74, 6) is 1.50. The van der Waals surface area contributed by atoms with Crippen LogP contribution in [0.4, 0.5) is 5.82 Å². The van der Waals surface area contributed by atoms with E-state index >= 15 is 0 Å². The van der Waals surface area contributed by atoms with E-state index < -0.39 is 6.10 Å². The fraction of sp³-hybridized carbons (Fsp3) is 0.368. The summed E-state index contributed by atoms with van der Waals surface area (Å²) in [5.41, 5.74) is 1.95. The molecule has 1 N–H and O–H groups in total. The van der Waals surface area contributed by atoms with Crippen molar-refractivity contribution < 1.29 is 14.3 Å². The molecule has 2 aliphatic heterocycles. The lowest BCUT2D eigenvalue weighted by Gasteiger charge is -2.29. The van der Waals surface area contributed by atoms with Crippen LogP contribution in [0, 0.1) is 0 Å². The third-order valence-electron chi connectivity index (χ3n) is 4.62. The molecule has 1 amide bonds. The zero-order valence-electron chi connectivity index (χ0n) is 14.3. The number of pyridine rings is 1. The predicted molar refractivity (Wildman–Crippen MR) is 98.7 cm³/mol. The predicted octanol–water partition coefficient (Wildman–Crippen LogP) is 2.19. The van der Waals surface area contributed by atoms with Gasteiger partial charge in [-0.3, -0.25) is 4.79 Å². The van der Waals surface area contributed by atoms with E-state index in [0.29, 0.717) is 31.2 Å². The van der Waals surface area contributed by atoms with Gasteiger partial charge in [0.25, 0.3) is 5.91 Å². The molecule has 7 heteroatoms. The van der Waals surface area contributed by atoms with Crippen LogP contribution in [-0.2, 0) is 22.5 Å². The Morgan fingerprint density at radius 3 is 3.00 bits per heavy atom. The number of benzene rings is 1. The maximum atomic E-state index is 12.5. The molecule has 0 saturated carbocycles. The summed E-state index contributed by atoms with van der Waals surface area (Å²) in [7, 11) is 0. The first kappa shape index (κ1) is 17.1. The number of amides is 1. The van der Waals surface area contributed by atoms with Crippen molar-refractivity contribution >= 4 is 23.3 Å². The Bertz CT molecular complexity index is 808. The highest BCUT2D eigenvalue weighted by Gasteiger charge is 2.29. The molecule has 0 bridgehead atoms. The number of hydrogen-bond donors (Lipinski definition) is 1. The van der Waals surface area contributed by atoms with Gasteiger partial charge in [0.2, 0.25) is 0 Å². The first-order valence-electron chi connectivity index (χ1n) is 8.70. The summed E-state index contributed by atoms with van der Waals surface area (Å²) in [5, 5.41) is 3.63. The minimum Gasteiger partial charge on any atom is -0.480 e. The molecule has 1 aromatic heterocycles. The van der Waals surface area contributed by atoms with E-state index in [2.05, 4.69) is 15.2 Å². The first-order valence-corrected chi connectivity index (χ1v) is 9.08. The number of halogens is 1. The third-order valence-corrected chi connectivity index (χ3v) is 4.86. The molecule has 26 heavy (non-hydrogen) atoms. The van der Waals surface area contributed by atoms with Gasteiger partial charge in [0, 0.05) is 42.8 Å². The van der Waals surface area contributed by atoms with Crippen molar-refractivity contribution in [3.8, 4) is 5.75 Å². The molecule has 136 valence electrons. The van der Waals surface area contributed by atoms with Crippen molar-refractivity contribution in [2.24, 2.45) is 0 Å². The second-order valence-electron chi connectivity index (χ2n) is 6.37. The van der Waals surface area contributed by atoms with Gasteiger partial charge in [0.05, 0.1) is 13.2 Å². The van der Waals surface area contributed by atoms with E-state index in [0.717, 1.165) is 35.8 Å². The molecule has 6 nitrogen and oxygen atoms in total. The molecule has 2 aromatic rings. The maximum absolute atomic E-state index is 12.5. The maximum Gasteiger partial charge on any atom is 0.261 e. The molecule has 0 radical (unpaired) electrons. The number of rotatable bonds is 4. The van der Waals surface area contributed by atoms with Gasteiger partial charge < -0.3 is 19.7 Å². The molecule has 0 spiro atoms. The Balaban J connectivity index is 1.40. The Morgan fingerprint density at radius 2 is 2.15 bits per heavy atom. The topological polar surface area (TPSA) is 63.7 Å². The summed E-state index contributed by atoms with van der Waals surface area (Å²) in [4.78, 5) is 19.2. The fourth-order valence-electron chi connectivity index (χ4n) is 3.29. The number of hydrogen-bond acceptors (Lipinski definition) is 5. The average Bonchev–Trinajstić information content (AvgIpc) is 3.10. The summed E-state index contributed by atoms with van der Waals surface area (Å²) < 4.78 is 11.1. The summed E-state index contributed by atoms with van der Waals surface area (Å²) in [6, 6.07) is 9.30. The van der Waals surface area contributed by atoms with Crippen LogP contribution in [0.25, 0.3) is 0 Å². The van der Waals surface area contributed by atoms with E-state index in [1.54, 1.807) is 12.3 Å². The number of anilines is 1. The standard InChI is InChI=1S/C19H20ClN3O3/c20-15-3-4-16-14(10-15)11-17(26-16)19(24)22-12-13-2-1-5-21-18(13)23-6-8-25-9-7-23/h1-5,10,17H,6-9,11-12H2,(H,22,24). The van der Waals surface area contributed by atoms with E-state index in [1.165, 1.54) is 0 Å². The van der Waals surface area contributed by atoms with E-state index in [1.807, 2.05) is 24.3 Å². The van der Waals surface area contributed by atoms with Gasteiger partial charge in [-0.1, -0.05) is 17.7 Å². The lowest BCUT2D eigenvalue weighted by atomic mass is 10.1. The minimum atomic E-state index is -0.521. The SMILES string of the molecule is O=C(NCc1cccnc1N1CCOCC1)C1Cc2cc(Cl)ccc2O1. The smallest absolute Gasteiger partial charge is 0.261 e. The van der Waals surface area contributed by atoms with Crippen LogP contribution in [0.15, 0.2) is 36.5 Å². The number of ether oxygens (including phenoxy) is 2. The zero-order valence-corrected chi connectivity index (χ0v) is 15.0. The second-order valence-corrected chi connectivity index (χ2v) is 6.80. The van der Waals surface area contributed by atoms with Crippen LogP contribution in [-0.4, -0.2) is 43.3 Å². The van der Waals surface area contributed by atoms with Crippen molar-refractivity contribution in [3.63, 3.8) is 0 Å². The highest BCUT2D eigenvalue weighted by atomic mass is 35.5. The highest BCUT2D eigenvalue weighted by molar-refractivity contribution is 6.30. The lowest BCUT2D eigenvalue weighted by molar-refractivity contribution is -0.127. The zero-order chi connectivity index (χ0) is 17.9. The van der Waals surface area contributed by atoms with Crippen molar-refractivity contribution in [2.75, 3.05) is 31.2 Å². The third kappa shape index (κ3) is 3.61. The summed E-state index contributed by atoms with van der Waals surface area (Å²) >= 11 is 6.01. The number of morpholine rings is 1. The van der Waals surface area contributed by atoms with E-state index in [4.69, 9.17) is 21.1 Å². The van der Waals surface area contributed by atoms with E-state index in [-0.39, 0.29) is 5.91 Å². The van der Waals surface area contributed by atoms with Crippen molar-refractivity contribution in [1.82, 2.24) is 10.3 Å². The van der Waals surface area contributed by atoms with Gasteiger partial charge in [-0.05, 0) is 29.8 Å². The van der Waals surface area contributed by atoms with Crippen molar-refractivity contribution in [2.45, 2.75) is 19.1 Å². The average molecular weight is 374 g/mol. The number of nitrogens with zero attached hydrogens (tertiary/aromatic N) is 2. The normalized spacial score (nSPS) is 19.0. The molecular formula is C19H20ClN3O3. The van der Waals surface area contributed by atoms with Gasteiger partial charge in [-0.25, -0.2) is 4.98 Å². The second kappa shape index (κ2) is 7.51. The quantitative estimate of drug-likeness (QED) is 0.890. The van der Waals surface area contributed by atoms with Gasteiger partial charge in [-0.15, -0.1) is 0 Å². The molecule has 1 unspecified atom stereocenters. The lowest BCUT2D eigenvalue weighted by Crippen LogP contribution is -2.39. The van der Waals surface area contributed by atoms with Crippen molar-refractivity contribution in [3.05, 3.63) is 52.7 Å². The van der Waals surface area contributed by atoms with Crippen LogP contribution < -0.4 is 15.0 Å². The number of nitrogens with one attached hydrogen (secondary N) is 1. The van der Waals surface area contributed by atoms with E-state index in [9.17, 15) is 4.79 Å². The molecule has 1 fully saturated rings. The molecule has 1 aromatic carbocycles. The Labute approximate surface area is 157 Å². The summed E-state index contributed by atoms with van der Waals surface area (Å²) in [6.45, 7) is 3.41. The highest BCUT2D eigenvalue weighted by Crippen LogP contribution is 2.31. The number of fused-ring (bicyclic) bond motifs is 1. The molecule has 0 aliphatic carbocycles. The first-order chi connectivity index (χ1) is 12.7. The minimum absolute atomic E-state index is 0.130. The van der Waals surface area contributed by atoms with Gasteiger partial charge in [-0.2, -0.15) is 0 Å². The van der Waals surface area contributed by atoms with Crippen LogP contribution in [0.2, 0.25) is 5.02 Å². The number of carbonyl (C=O) groups excluding carboxylic acids is 1. The fourth-order valence-corrected chi connectivity index (χ4v) is 3.48. The van der Waals surface area contributed by atoms with Crippen LogP contribution in [0.1, 0.15) is 11.1 Å². The van der Waals surface area contributed by atoms with Gasteiger partial charge in [0.15, 0.2) is 6.10 Å². The monoisotopic (exact) mass is 373 g/mol. The Hall–Kier alpha value is -2.31. The van der Waals surface area contributed by atoms with Crippen LogP contribution in [0.3, 0.4) is 0 Å². The van der Waals surface area contributed by atoms with Gasteiger partial charge >= 0.3 is 0 Å². The molecule has 1 saturated heterocycles. The largest absolute Gasteiger partial charge is 0.480 e. The van der Waals surface area contributed by atoms with Gasteiger partial charge in [0.1, 0.15) is 11.6 Å².